The smallest absolute Gasteiger partial charge is 0.188 e. The third-order valence-electron chi connectivity index (χ3n) is 3.91. The molecule has 1 saturated carbocycles. The zero-order chi connectivity index (χ0) is 10.8. The molecule has 3 N–H and O–H groups in total. The van der Waals surface area contributed by atoms with Crippen molar-refractivity contribution in [1.82, 2.24) is 9.80 Å². The molecule has 2 fully saturated rings. The fraction of sp³-hybridized carbons (Fsp3) is 0.909. The van der Waals surface area contributed by atoms with Crippen molar-refractivity contribution >= 4 is 5.96 Å². The molecule has 1 heterocycles. The van der Waals surface area contributed by atoms with E-state index in [1.807, 2.05) is 11.9 Å². The predicted octanol–water partition coefficient (Wildman–Crippen LogP) is 0.829. The SMILES string of the molecule is CN(C(=N)N)C1CN(C2CCCCC2)C1. The normalized spacial score (nSPS) is 24.9. The number of nitrogens with two attached hydrogens (primary N) is 1. The van der Waals surface area contributed by atoms with Crippen LogP contribution in [0.4, 0.5) is 0 Å². The summed E-state index contributed by atoms with van der Waals surface area (Å²) in [6.07, 6.45) is 6.96. The van der Waals surface area contributed by atoms with E-state index in [4.69, 9.17) is 11.1 Å². The molecule has 0 atom stereocenters. The van der Waals surface area contributed by atoms with Crippen molar-refractivity contribution in [2.24, 2.45) is 5.73 Å². The van der Waals surface area contributed by atoms with E-state index in [-0.39, 0.29) is 5.96 Å². The summed E-state index contributed by atoms with van der Waals surface area (Å²) in [4.78, 5) is 4.45. The van der Waals surface area contributed by atoms with E-state index < -0.39 is 0 Å². The van der Waals surface area contributed by atoms with Gasteiger partial charge < -0.3 is 10.6 Å². The van der Waals surface area contributed by atoms with Gasteiger partial charge in [0.15, 0.2) is 5.96 Å². The van der Waals surface area contributed by atoms with Crippen LogP contribution in [0.5, 0.6) is 0 Å². The van der Waals surface area contributed by atoms with Crippen molar-refractivity contribution in [3.63, 3.8) is 0 Å². The number of nitrogens with one attached hydrogen (secondary N) is 1. The highest BCUT2D eigenvalue weighted by Crippen LogP contribution is 2.27. The molecule has 86 valence electrons. The second-order valence-corrected chi connectivity index (χ2v) is 4.90. The Hall–Kier alpha value is -0.770. The number of likely N-dealkylation sites (N-methyl/N-ethyl adjacent to an activating group) is 1. The van der Waals surface area contributed by atoms with Crippen molar-refractivity contribution in [2.75, 3.05) is 20.1 Å². The van der Waals surface area contributed by atoms with E-state index >= 15 is 0 Å². The van der Waals surface area contributed by atoms with E-state index in [0.29, 0.717) is 6.04 Å². The molecule has 0 aromatic carbocycles. The van der Waals surface area contributed by atoms with Crippen LogP contribution in [0.1, 0.15) is 32.1 Å². The molecule has 0 amide bonds. The molecule has 0 radical (unpaired) electrons. The quantitative estimate of drug-likeness (QED) is 0.524. The highest BCUT2D eigenvalue weighted by Gasteiger charge is 2.35. The number of rotatable bonds is 2. The number of guanidine groups is 1. The van der Waals surface area contributed by atoms with E-state index in [0.717, 1.165) is 19.1 Å². The molecular formula is C11H22N4. The minimum atomic E-state index is 0.197. The molecule has 2 aliphatic rings. The molecule has 4 heteroatoms. The summed E-state index contributed by atoms with van der Waals surface area (Å²) < 4.78 is 0. The van der Waals surface area contributed by atoms with Crippen LogP contribution >= 0.6 is 0 Å². The Bertz CT molecular complexity index is 229. The Morgan fingerprint density at radius 1 is 1.27 bits per heavy atom. The molecule has 0 bridgehead atoms. The second-order valence-electron chi connectivity index (χ2n) is 4.90. The highest BCUT2D eigenvalue weighted by molar-refractivity contribution is 5.74. The fourth-order valence-electron chi connectivity index (χ4n) is 2.67. The van der Waals surface area contributed by atoms with Gasteiger partial charge in [0.2, 0.25) is 0 Å². The molecule has 1 saturated heterocycles. The van der Waals surface area contributed by atoms with Gasteiger partial charge in [-0.05, 0) is 12.8 Å². The zero-order valence-electron chi connectivity index (χ0n) is 9.58. The molecule has 0 aromatic rings. The van der Waals surface area contributed by atoms with Crippen molar-refractivity contribution in [2.45, 2.75) is 44.2 Å². The standard InChI is InChI=1S/C11H22N4/c1-14(11(12)13)10-7-15(8-10)9-5-3-2-4-6-9/h9-10H,2-8H2,1H3,(H3,12,13). The monoisotopic (exact) mass is 210 g/mol. The van der Waals surface area contributed by atoms with Crippen LogP contribution in [0, 0.1) is 5.41 Å². The number of likely N-dealkylation sites (tertiary alicyclic amines) is 1. The molecule has 4 nitrogen and oxygen atoms in total. The summed E-state index contributed by atoms with van der Waals surface area (Å²) in [5, 5.41) is 7.36. The first-order chi connectivity index (χ1) is 7.18. The summed E-state index contributed by atoms with van der Waals surface area (Å²) in [6.45, 7) is 2.20. The maximum atomic E-state index is 7.36. The van der Waals surface area contributed by atoms with Gasteiger partial charge in [-0.2, -0.15) is 0 Å². The summed E-state index contributed by atoms with van der Waals surface area (Å²) in [7, 11) is 1.92. The molecule has 0 unspecified atom stereocenters. The lowest BCUT2D eigenvalue weighted by molar-refractivity contribution is 0.0275. The third kappa shape index (κ3) is 2.25. The first-order valence-electron chi connectivity index (χ1n) is 5.99. The van der Waals surface area contributed by atoms with Crippen molar-refractivity contribution < 1.29 is 0 Å². The van der Waals surface area contributed by atoms with Gasteiger partial charge in [0.05, 0.1) is 6.04 Å². The Balaban J connectivity index is 1.75. The van der Waals surface area contributed by atoms with E-state index in [9.17, 15) is 0 Å². The Morgan fingerprint density at radius 2 is 1.87 bits per heavy atom. The van der Waals surface area contributed by atoms with Crippen LogP contribution in [0.2, 0.25) is 0 Å². The fourth-order valence-corrected chi connectivity index (χ4v) is 2.67. The molecule has 0 aromatic heterocycles. The molecule has 0 spiro atoms. The van der Waals surface area contributed by atoms with Gasteiger partial charge in [-0.25, -0.2) is 0 Å². The largest absolute Gasteiger partial charge is 0.370 e. The maximum absolute atomic E-state index is 7.36. The van der Waals surface area contributed by atoms with E-state index in [1.165, 1.54) is 32.1 Å². The molecule has 1 aliphatic heterocycles. The molecular weight excluding hydrogens is 188 g/mol. The average molecular weight is 210 g/mol. The summed E-state index contributed by atoms with van der Waals surface area (Å²) >= 11 is 0. The van der Waals surface area contributed by atoms with E-state index in [1.54, 1.807) is 0 Å². The van der Waals surface area contributed by atoms with Crippen LogP contribution in [-0.4, -0.2) is 48.0 Å². The zero-order valence-corrected chi connectivity index (χ0v) is 9.58. The first-order valence-corrected chi connectivity index (χ1v) is 5.99. The van der Waals surface area contributed by atoms with Crippen molar-refractivity contribution in [3.05, 3.63) is 0 Å². The number of hydrogen-bond acceptors (Lipinski definition) is 2. The molecule has 1 aliphatic carbocycles. The second kappa shape index (κ2) is 4.39. The summed E-state index contributed by atoms with van der Waals surface area (Å²) in [5.74, 6) is 0.197. The summed E-state index contributed by atoms with van der Waals surface area (Å²) in [5.41, 5.74) is 5.46. The lowest BCUT2D eigenvalue weighted by Crippen LogP contribution is -2.63. The van der Waals surface area contributed by atoms with Crippen LogP contribution in [0.15, 0.2) is 0 Å². The topological polar surface area (TPSA) is 56.4 Å². The Morgan fingerprint density at radius 3 is 2.40 bits per heavy atom. The Kier molecular flexibility index (Phi) is 3.14. The van der Waals surface area contributed by atoms with E-state index in [2.05, 4.69) is 4.90 Å². The molecule has 2 rings (SSSR count). The van der Waals surface area contributed by atoms with Gasteiger partial charge in [-0.3, -0.25) is 10.3 Å². The van der Waals surface area contributed by atoms with Crippen molar-refractivity contribution in [3.8, 4) is 0 Å². The number of hydrogen-bond donors (Lipinski definition) is 2. The first kappa shape index (κ1) is 10.7. The van der Waals surface area contributed by atoms with Gasteiger partial charge in [0.25, 0.3) is 0 Å². The lowest BCUT2D eigenvalue weighted by Gasteiger charge is -2.48. The van der Waals surface area contributed by atoms with Crippen LogP contribution in [-0.2, 0) is 0 Å². The van der Waals surface area contributed by atoms with Gasteiger partial charge in [0, 0.05) is 26.2 Å². The molecule has 15 heavy (non-hydrogen) atoms. The summed E-state index contributed by atoms with van der Waals surface area (Å²) in [6, 6.07) is 1.29. The van der Waals surface area contributed by atoms with Crippen molar-refractivity contribution in [1.29, 1.82) is 5.41 Å². The lowest BCUT2D eigenvalue weighted by atomic mass is 9.91. The van der Waals surface area contributed by atoms with Gasteiger partial charge in [-0.1, -0.05) is 19.3 Å². The van der Waals surface area contributed by atoms with Gasteiger partial charge in [0.1, 0.15) is 0 Å². The highest BCUT2D eigenvalue weighted by atomic mass is 15.3. The van der Waals surface area contributed by atoms with Crippen LogP contribution in [0.25, 0.3) is 0 Å². The minimum absolute atomic E-state index is 0.197. The van der Waals surface area contributed by atoms with Gasteiger partial charge in [-0.15, -0.1) is 0 Å². The third-order valence-corrected chi connectivity index (χ3v) is 3.91. The van der Waals surface area contributed by atoms with Crippen LogP contribution < -0.4 is 5.73 Å². The van der Waals surface area contributed by atoms with Gasteiger partial charge >= 0.3 is 0 Å². The van der Waals surface area contributed by atoms with Crippen LogP contribution in [0.3, 0.4) is 0 Å². The maximum Gasteiger partial charge on any atom is 0.188 e. The predicted molar refractivity (Wildman–Crippen MR) is 61.9 cm³/mol. The minimum Gasteiger partial charge on any atom is -0.370 e. The number of nitrogens with zero attached hydrogens (tertiary/aromatic N) is 2. The Labute approximate surface area is 91.9 Å². The average Bonchev–Trinajstić information content (AvgIpc) is 2.17.